The number of benzene rings is 9. The standard InChI is InChI=1S/C55H37NO2/c1-55(2)45-23-8-6-18-39(45)43-22-12-25-47(54(43)55)56(46-24-13-27-49-53(46)44-19-7-9-26-48(44)57-49)37-17-10-16-35(32-37)36-28-29-40-42-21-11-20-41-38(34-14-4-3-5-15-34)30-31-50(52(41)42)58-51(40)33-36/h3-33H,1-2H3. The Morgan fingerprint density at radius 1 is 0.414 bits per heavy atom. The molecule has 58 heavy (non-hydrogen) atoms. The molecular weight excluding hydrogens is 707 g/mol. The van der Waals surface area contributed by atoms with Gasteiger partial charge in [0.25, 0.3) is 0 Å². The number of anilines is 3. The molecule has 3 nitrogen and oxygen atoms in total. The van der Waals surface area contributed by atoms with Crippen LogP contribution in [-0.2, 0) is 5.41 Å². The van der Waals surface area contributed by atoms with Crippen LogP contribution in [0.5, 0.6) is 11.5 Å². The normalized spacial score (nSPS) is 13.3. The van der Waals surface area contributed by atoms with Crippen LogP contribution in [0.1, 0.15) is 25.0 Å². The molecule has 2 aliphatic rings. The van der Waals surface area contributed by atoms with Gasteiger partial charge in [-0.1, -0.05) is 147 Å². The first kappa shape index (κ1) is 32.8. The van der Waals surface area contributed by atoms with Gasteiger partial charge in [-0.25, -0.2) is 0 Å². The van der Waals surface area contributed by atoms with E-state index in [0.717, 1.165) is 72.6 Å². The summed E-state index contributed by atoms with van der Waals surface area (Å²) in [5.74, 6) is 1.75. The molecule has 1 aromatic heterocycles. The largest absolute Gasteiger partial charge is 0.456 e. The summed E-state index contributed by atoms with van der Waals surface area (Å²) in [5.41, 5.74) is 17.0. The zero-order valence-corrected chi connectivity index (χ0v) is 32.2. The Labute approximate surface area is 337 Å². The van der Waals surface area contributed by atoms with Crippen LogP contribution in [0, 0.1) is 0 Å². The van der Waals surface area contributed by atoms with Gasteiger partial charge in [0.15, 0.2) is 0 Å². The number of fused-ring (bicyclic) bond motifs is 8. The second-order valence-corrected chi connectivity index (χ2v) is 16.0. The van der Waals surface area contributed by atoms with Gasteiger partial charge in [0, 0.05) is 27.4 Å². The average molecular weight is 744 g/mol. The highest BCUT2D eigenvalue weighted by Gasteiger charge is 2.39. The van der Waals surface area contributed by atoms with Crippen LogP contribution >= 0.6 is 0 Å². The molecular formula is C55H37NO2. The minimum Gasteiger partial charge on any atom is -0.456 e. The van der Waals surface area contributed by atoms with Gasteiger partial charge in [0.1, 0.15) is 22.7 Å². The summed E-state index contributed by atoms with van der Waals surface area (Å²) >= 11 is 0. The van der Waals surface area contributed by atoms with E-state index in [4.69, 9.17) is 9.15 Å². The molecule has 0 bridgehead atoms. The molecule has 0 spiro atoms. The predicted octanol–water partition coefficient (Wildman–Crippen LogP) is 15.6. The Morgan fingerprint density at radius 2 is 1.09 bits per heavy atom. The van der Waals surface area contributed by atoms with E-state index in [1.165, 1.54) is 44.3 Å². The van der Waals surface area contributed by atoms with Gasteiger partial charge < -0.3 is 14.1 Å². The summed E-state index contributed by atoms with van der Waals surface area (Å²) in [7, 11) is 0. The molecule has 0 N–H and O–H groups in total. The second kappa shape index (κ2) is 12.3. The maximum absolute atomic E-state index is 6.78. The van der Waals surface area contributed by atoms with E-state index in [9.17, 15) is 0 Å². The molecule has 10 aromatic rings. The first-order valence-corrected chi connectivity index (χ1v) is 20.0. The molecule has 0 unspecified atom stereocenters. The van der Waals surface area contributed by atoms with E-state index < -0.39 is 0 Å². The average Bonchev–Trinajstić information content (AvgIpc) is 3.77. The summed E-state index contributed by atoms with van der Waals surface area (Å²) < 4.78 is 13.3. The van der Waals surface area contributed by atoms with E-state index in [0.29, 0.717) is 0 Å². The lowest BCUT2D eigenvalue weighted by atomic mass is 9.81. The molecule has 9 aromatic carbocycles. The third kappa shape index (κ3) is 4.74. The lowest BCUT2D eigenvalue weighted by molar-refractivity contribution is 0.487. The van der Waals surface area contributed by atoms with Crippen molar-refractivity contribution in [3.8, 4) is 56.0 Å². The van der Waals surface area contributed by atoms with Crippen molar-refractivity contribution in [1.29, 1.82) is 0 Å². The Hall–Kier alpha value is -7.36. The Kier molecular flexibility index (Phi) is 6.98. The van der Waals surface area contributed by atoms with Crippen molar-refractivity contribution in [1.82, 2.24) is 0 Å². The molecule has 274 valence electrons. The fourth-order valence-corrected chi connectivity index (χ4v) is 9.86. The summed E-state index contributed by atoms with van der Waals surface area (Å²) in [4.78, 5) is 2.45. The second-order valence-electron chi connectivity index (χ2n) is 16.0. The molecule has 0 amide bonds. The molecule has 1 aliphatic heterocycles. The summed E-state index contributed by atoms with van der Waals surface area (Å²) in [6.45, 7) is 4.72. The fraction of sp³-hybridized carbons (Fsp3) is 0.0545. The highest BCUT2D eigenvalue weighted by Crippen LogP contribution is 2.56. The first-order valence-electron chi connectivity index (χ1n) is 20.0. The number of hydrogen-bond acceptors (Lipinski definition) is 3. The van der Waals surface area contributed by atoms with E-state index in [2.05, 4.69) is 201 Å². The number of hydrogen-bond donors (Lipinski definition) is 0. The lowest BCUT2D eigenvalue weighted by Gasteiger charge is -2.32. The van der Waals surface area contributed by atoms with E-state index >= 15 is 0 Å². The number of nitrogens with zero attached hydrogens (tertiary/aromatic N) is 1. The minimum absolute atomic E-state index is 0.221. The molecule has 2 heterocycles. The van der Waals surface area contributed by atoms with Gasteiger partial charge in [0.2, 0.25) is 0 Å². The molecule has 0 radical (unpaired) electrons. The van der Waals surface area contributed by atoms with Crippen molar-refractivity contribution in [3.05, 3.63) is 199 Å². The minimum atomic E-state index is -0.221. The Bertz CT molecular complexity index is 3300. The van der Waals surface area contributed by atoms with Crippen LogP contribution in [0.3, 0.4) is 0 Å². The number of ether oxygens (including phenoxy) is 1. The summed E-state index contributed by atoms with van der Waals surface area (Å²) in [6.07, 6.45) is 0. The molecule has 12 rings (SSSR count). The van der Waals surface area contributed by atoms with E-state index in [1.807, 2.05) is 6.07 Å². The van der Waals surface area contributed by atoms with Crippen LogP contribution in [0.2, 0.25) is 0 Å². The first-order chi connectivity index (χ1) is 28.5. The van der Waals surface area contributed by atoms with Crippen LogP contribution in [-0.4, -0.2) is 0 Å². The number of rotatable bonds is 5. The van der Waals surface area contributed by atoms with Crippen molar-refractivity contribution in [3.63, 3.8) is 0 Å². The van der Waals surface area contributed by atoms with Crippen molar-refractivity contribution in [2.45, 2.75) is 19.3 Å². The van der Waals surface area contributed by atoms with Gasteiger partial charge >= 0.3 is 0 Å². The number of furan rings is 1. The van der Waals surface area contributed by atoms with Crippen LogP contribution in [0.25, 0.3) is 77.2 Å². The topological polar surface area (TPSA) is 25.6 Å². The quantitative estimate of drug-likeness (QED) is 0.176. The van der Waals surface area contributed by atoms with Gasteiger partial charge in [0.05, 0.1) is 16.8 Å². The highest BCUT2D eigenvalue weighted by atomic mass is 16.5. The van der Waals surface area contributed by atoms with Crippen molar-refractivity contribution < 1.29 is 9.15 Å². The Balaban J connectivity index is 1.03. The smallest absolute Gasteiger partial charge is 0.137 e. The maximum atomic E-state index is 6.78. The molecule has 0 saturated heterocycles. The summed E-state index contributed by atoms with van der Waals surface area (Å²) in [5, 5.41) is 4.55. The van der Waals surface area contributed by atoms with E-state index in [-0.39, 0.29) is 5.41 Å². The van der Waals surface area contributed by atoms with Crippen LogP contribution in [0.15, 0.2) is 192 Å². The molecule has 0 atom stereocenters. The number of para-hydroxylation sites is 1. The van der Waals surface area contributed by atoms with E-state index in [1.54, 1.807) is 0 Å². The van der Waals surface area contributed by atoms with Crippen LogP contribution < -0.4 is 9.64 Å². The van der Waals surface area contributed by atoms with Crippen molar-refractivity contribution in [2.24, 2.45) is 0 Å². The third-order valence-corrected chi connectivity index (χ3v) is 12.4. The summed E-state index contributed by atoms with van der Waals surface area (Å²) in [6, 6.07) is 67.5. The lowest BCUT2D eigenvalue weighted by Crippen LogP contribution is -2.20. The fourth-order valence-electron chi connectivity index (χ4n) is 9.86. The van der Waals surface area contributed by atoms with Crippen LogP contribution in [0.4, 0.5) is 17.1 Å². The monoisotopic (exact) mass is 743 g/mol. The van der Waals surface area contributed by atoms with Gasteiger partial charge in [-0.05, 0) is 110 Å². The molecule has 0 fully saturated rings. The molecule has 1 aliphatic carbocycles. The maximum Gasteiger partial charge on any atom is 0.137 e. The molecule has 0 saturated carbocycles. The van der Waals surface area contributed by atoms with Crippen molar-refractivity contribution >= 4 is 49.8 Å². The zero-order chi connectivity index (χ0) is 38.5. The predicted molar refractivity (Wildman–Crippen MR) is 240 cm³/mol. The zero-order valence-electron chi connectivity index (χ0n) is 32.2. The van der Waals surface area contributed by atoms with Gasteiger partial charge in [-0.15, -0.1) is 0 Å². The van der Waals surface area contributed by atoms with Gasteiger partial charge in [-0.2, -0.15) is 0 Å². The SMILES string of the molecule is CC1(C)c2ccccc2-c2cccc(N(c3cccc(-c4ccc5c(c4)Oc4ccc(-c6ccccc6)c6cccc-5c46)c3)c3cccc4oc5ccccc5c34)c21. The van der Waals surface area contributed by atoms with Crippen molar-refractivity contribution in [2.75, 3.05) is 4.90 Å². The molecule has 3 heteroatoms. The van der Waals surface area contributed by atoms with Gasteiger partial charge in [-0.3, -0.25) is 0 Å². The third-order valence-electron chi connectivity index (χ3n) is 12.4. The Morgan fingerprint density at radius 3 is 2.02 bits per heavy atom. The highest BCUT2D eigenvalue weighted by molar-refractivity contribution is 6.14.